The van der Waals surface area contributed by atoms with Gasteiger partial charge in [0.05, 0.1) is 21.6 Å². The normalized spacial score (nSPS) is 11.5. The summed E-state index contributed by atoms with van der Waals surface area (Å²) in [4.78, 5) is 27.9. The van der Waals surface area contributed by atoms with E-state index in [1.807, 2.05) is 42.5 Å². The fourth-order valence-corrected chi connectivity index (χ4v) is 4.72. The Labute approximate surface area is 207 Å². The molecule has 1 heterocycles. The molecule has 5 aromatic rings. The number of aromatic amines is 1. The Balaban J connectivity index is 1.52. The fraction of sp³-hybridized carbons (Fsp3) is 0.0385. The smallest absolute Gasteiger partial charge is 0.349 e. The van der Waals surface area contributed by atoms with Gasteiger partial charge in [-0.15, -0.1) is 4.68 Å². The molecule has 0 aliphatic rings. The maximum atomic E-state index is 12.8. The Bertz CT molecular complexity index is 1690. The molecule has 0 amide bonds. The first-order chi connectivity index (χ1) is 16.5. The highest BCUT2D eigenvalue weighted by Gasteiger charge is 2.12. The summed E-state index contributed by atoms with van der Waals surface area (Å²) in [6.07, 6.45) is 1.39. The van der Waals surface area contributed by atoms with Gasteiger partial charge in [-0.3, -0.25) is 4.79 Å². The summed E-state index contributed by atoms with van der Waals surface area (Å²) < 4.78 is 7.58. The maximum absolute atomic E-state index is 12.8. The van der Waals surface area contributed by atoms with Crippen LogP contribution >= 0.6 is 27.5 Å². The summed E-state index contributed by atoms with van der Waals surface area (Å²) in [6.45, 7) is 0.304. The summed E-state index contributed by atoms with van der Waals surface area (Å²) in [7, 11) is 0. The second kappa shape index (κ2) is 9.29. The van der Waals surface area contributed by atoms with Gasteiger partial charge in [-0.2, -0.15) is 5.10 Å². The predicted octanol–water partition coefficient (Wildman–Crippen LogP) is 5.72. The first kappa shape index (κ1) is 22.1. The molecule has 0 saturated heterocycles. The van der Waals surface area contributed by atoms with E-state index in [2.05, 4.69) is 26.0 Å². The Hall–Kier alpha value is -3.68. The van der Waals surface area contributed by atoms with Crippen molar-refractivity contribution >= 4 is 55.4 Å². The number of H-pyrrole nitrogens is 1. The zero-order valence-corrected chi connectivity index (χ0v) is 20.0. The van der Waals surface area contributed by atoms with Crippen LogP contribution in [-0.2, 0) is 6.61 Å². The molecule has 6 nitrogen and oxygen atoms in total. The van der Waals surface area contributed by atoms with Crippen molar-refractivity contribution in [2.45, 2.75) is 6.61 Å². The molecule has 0 bridgehead atoms. The van der Waals surface area contributed by atoms with E-state index in [1.165, 1.54) is 6.21 Å². The summed E-state index contributed by atoms with van der Waals surface area (Å²) >= 11 is 9.76. The molecule has 8 heteroatoms. The number of nitrogens with zero attached hydrogens (tertiary/aromatic N) is 2. The third kappa shape index (κ3) is 4.27. The van der Waals surface area contributed by atoms with Gasteiger partial charge < -0.3 is 9.72 Å². The molecule has 0 fully saturated rings. The van der Waals surface area contributed by atoms with Crippen LogP contribution in [0.2, 0.25) is 5.02 Å². The molecule has 5 rings (SSSR count). The van der Waals surface area contributed by atoms with E-state index in [4.69, 9.17) is 16.3 Å². The van der Waals surface area contributed by atoms with Crippen molar-refractivity contribution in [2.75, 3.05) is 0 Å². The van der Waals surface area contributed by atoms with E-state index >= 15 is 0 Å². The molecular weight excluding hydrogens is 518 g/mol. The number of aromatic nitrogens is 2. The first-order valence-electron chi connectivity index (χ1n) is 10.4. The minimum Gasteiger partial charge on any atom is -0.487 e. The quantitative estimate of drug-likeness (QED) is 0.293. The molecule has 0 atom stereocenters. The van der Waals surface area contributed by atoms with E-state index in [-0.39, 0.29) is 0 Å². The maximum Gasteiger partial charge on any atom is 0.349 e. The topological polar surface area (TPSA) is 76.5 Å². The molecule has 0 radical (unpaired) electrons. The van der Waals surface area contributed by atoms with Gasteiger partial charge in [0.25, 0.3) is 5.56 Å². The Morgan fingerprint density at radius 1 is 0.971 bits per heavy atom. The molecule has 168 valence electrons. The van der Waals surface area contributed by atoms with Crippen molar-refractivity contribution in [2.24, 2.45) is 5.10 Å². The number of ether oxygens (including phenoxy) is 1. The number of hydrogen-bond acceptors (Lipinski definition) is 4. The molecule has 0 aliphatic carbocycles. The highest BCUT2D eigenvalue weighted by atomic mass is 79.9. The summed E-state index contributed by atoms with van der Waals surface area (Å²) in [5.74, 6) is 0.492. The number of fused-ring (bicyclic) bond motifs is 2. The van der Waals surface area contributed by atoms with Crippen molar-refractivity contribution < 1.29 is 4.74 Å². The van der Waals surface area contributed by atoms with Crippen molar-refractivity contribution in [1.29, 1.82) is 0 Å². The van der Waals surface area contributed by atoms with Crippen LogP contribution < -0.4 is 16.0 Å². The molecule has 0 aliphatic heterocycles. The third-order valence-corrected chi connectivity index (χ3v) is 6.19. The van der Waals surface area contributed by atoms with Gasteiger partial charge in [-0.25, -0.2) is 4.79 Å². The lowest BCUT2D eigenvalue weighted by molar-refractivity contribution is 0.305. The molecule has 1 N–H and O–H groups in total. The number of halogens is 2. The van der Waals surface area contributed by atoms with Gasteiger partial charge in [0.2, 0.25) is 0 Å². The van der Waals surface area contributed by atoms with Gasteiger partial charge in [0.15, 0.2) is 0 Å². The summed E-state index contributed by atoms with van der Waals surface area (Å²) in [5.41, 5.74) is 0.826. The van der Waals surface area contributed by atoms with E-state index < -0.39 is 11.2 Å². The van der Waals surface area contributed by atoms with Crippen molar-refractivity contribution in [1.82, 2.24) is 9.66 Å². The van der Waals surface area contributed by atoms with Crippen molar-refractivity contribution in [3.8, 4) is 5.75 Å². The Morgan fingerprint density at radius 2 is 1.71 bits per heavy atom. The third-order valence-electron chi connectivity index (χ3n) is 5.39. The monoisotopic (exact) mass is 533 g/mol. The zero-order chi connectivity index (χ0) is 23.7. The lowest BCUT2D eigenvalue weighted by Crippen LogP contribution is -2.32. The molecule has 34 heavy (non-hydrogen) atoms. The lowest BCUT2D eigenvalue weighted by Gasteiger charge is -2.13. The molecule has 0 spiro atoms. The summed E-state index contributed by atoms with van der Waals surface area (Å²) in [5, 5.41) is 7.18. The number of hydrogen-bond donors (Lipinski definition) is 1. The number of para-hydroxylation sites is 1. The fourth-order valence-electron chi connectivity index (χ4n) is 3.77. The second-order valence-electron chi connectivity index (χ2n) is 7.57. The van der Waals surface area contributed by atoms with E-state index in [0.29, 0.717) is 38.3 Å². The average molecular weight is 535 g/mol. The van der Waals surface area contributed by atoms with Crippen LogP contribution in [0.5, 0.6) is 5.75 Å². The van der Waals surface area contributed by atoms with Crippen LogP contribution in [0.3, 0.4) is 0 Å². The van der Waals surface area contributed by atoms with Crippen LogP contribution in [0.1, 0.15) is 11.1 Å². The Kier molecular flexibility index (Phi) is 6.04. The van der Waals surface area contributed by atoms with Gasteiger partial charge in [0.1, 0.15) is 12.4 Å². The van der Waals surface area contributed by atoms with E-state index in [1.54, 1.807) is 36.4 Å². The number of nitrogens with one attached hydrogen (secondary N) is 1. The van der Waals surface area contributed by atoms with Gasteiger partial charge in [-0.05, 0) is 56.5 Å². The number of benzene rings is 4. The van der Waals surface area contributed by atoms with Crippen LogP contribution in [0, 0.1) is 0 Å². The predicted molar refractivity (Wildman–Crippen MR) is 139 cm³/mol. The molecule has 1 aromatic heterocycles. The van der Waals surface area contributed by atoms with Crippen molar-refractivity contribution in [3.05, 3.63) is 120 Å². The SMILES string of the molecule is O=c1[nH]c2ccccc2c(=O)n1N=Cc1cc(Cl)cc(Br)c1OCc1cccc2ccccc12. The first-order valence-corrected chi connectivity index (χ1v) is 11.6. The second-order valence-corrected chi connectivity index (χ2v) is 8.86. The van der Waals surface area contributed by atoms with E-state index in [9.17, 15) is 9.59 Å². The van der Waals surface area contributed by atoms with Crippen LogP contribution in [0.15, 0.2) is 98.0 Å². The van der Waals surface area contributed by atoms with Crippen LogP contribution in [0.25, 0.3) is 21.7 Å². The lowest BCUT2D eigenvalue weighted by atomic mass is 10.1. The standard InChI is InChI=1S/C26H17BrClN3O3/c27-22-13-19(28)12-18(14-29-31-25(32)21-10-3-4-11-23(21)30-26(31)33)24(22)34-15-17-8-5-7-16-6-1-2-9-20(16)17/h1-14H,15H2,(H,30,33). The molecular formula is C26H17BrClN3O3. The minimum atomic E-state index is -0.640. The molecule has 0 unspecified atom stereocenters. The van der Waals surface area contributed by atoms with Gasteiger partial charge in [0, 0.05) is 10.6 Å². The van der Waals surface area contributed by atoms with Crippen LogP contribution in [0.4, 0.5) is 0 Å². The minimum absolute atomic E-state index is 0.304. The van der Waals surface area contributed by atoms with Gasteiger partial charge >= 0.3 is 5.69 Å². The number of rotatable bonds is 5. The van der Waals surface area contributed by atoms with Gasteiger partial charge in [-0.1, -0.05) is 66.2 Å². The summed E-state index contributed by atoms with van der Waals surface area (Å²) in [6, 6.07) is 24.3. The highest BCUT2D eigenvalue weighted by Crippen LogP contribution is 2.33. The molecule has 0 saturated carbocycles. The largest absolute Gasteiger partial charge is 0.487 e. The molecule has 4 aromatic carbocycles. The van der Waals surface area contributed by atoms with Crippen LogP contribution in [-0.4, -0.2) is 15.9 Å². The average Bonchev–Trinajstić information content (AvgIpc) is 2.83. The highest BCUT2D eigenvalue weighted by molar-refractivity contribution is 9.10. The Morgan fingerprint density at radius 3 is 2.56 bits per heavy atom. The van der Waals surface area contributed by atoms with Crippen molar-refractivity contribution in [3.63, 3.8) is 0 Å². The zero-order valence-electron chi connectivity index (χ0n) is 17.7. The van der Waals surface area contributed by atoms with E-state index in [0.717, 1.165) is 21.0 Å².